The summed E-state index contributed by atoms with van der Waals surface area (Å²) < 4.78 is 0. The van der Waals surface area contributed by atoms with Gasteiger partial charge in [0.2, 0.25) is 0 Å². The van der Waals surface area contributed by atoms with Gasteiger partial charge in [-0.05, 0) is 26.3 Å². The molecule has 5 nitrogen and oxygen atoms in total. The second-order valence-electron chi connectivity index (χ2n) is 5.20. The van der Waals surface area contributed by atoms with Gasteiger partial charge in [-0.1, -0.05) is 0 Å². The molecule has 1 aliphatic heterocycles. The molecule has 3 rings (SSSR count). The molecule has 0 amide bonds. The maximum atomic E-state index is 4.62. The number of likely N-dealkylation sites (tertiary alicyclic amines) is 1. The highest BCUT2D eigenvalue weighted by molar-refractivity contribution is 5.09. The summed E-state index contributed by atoms with van der Waals surface area (Å²) in [7, 11) is 0. The molecular formula is C14H19N5. The Morgan fingerprint density at radius 3 is 3.16 bits per heavy atom. The quantitative estimate of drug-likeness (QED) is 0.912. The van der Waals surface area contributed by atoms with E-state index in [1.165, 1.54) is 12.8 Å². The van der Waals surface area contributed by atoms with Gasteiger partial charge in [0.15, 0.2) is 0 Å². The van der Waals surface area contributed by atoms with Crippen LogP contribution in [0.2, 0.25) is 0 Å². The molecular weight excluding hydrogens is 238 g/mol. The molecule has 1 aliphatic rings. The highest BCUT2D eigenvalue weighted by atomic mass is 15.2. The first-order chi connectivity index (χ1) is 9.31. The SMILES string of the molecule is Cc1cncc([C@H]2CCCN(Cc3ncc[nH]3)C2)n1. The van der Waals surface area contributed by atoms with Crippen molar-refractivity contribution in [2.45, 2.75) is 32.2 Å². The number of hydrogen-bond donors (Lipinski definition) is 1. The molecule has 2 aromatic rings. The van der Waals surface area contributed by atoms with Crippen LogP contribution in [0.4, 0.5) is 0 Å². The largest absolute Gasteiger partial charge is 0.348 e. The molecule has 0 aliphatic carbocycles. The van der Waals surface area contributed by atoms with Crippen molar-refractivity contribution in [3.05, 3.63) is 42.0 Å². The van der Waals surface area contributed by atoms with E-state index in [1.807, 2.05) is 31.7 Å². The average molecular weight is 257 g/mol. The van der Waals surface area contributed by atoms with E-state index in [4.69, 9.17) is 0 Å². The summed E-state index contributed by atoms with van der Waals surface area (Å²) in [6.45, 7) is 5.07. The molecule has 3 heterocycles. The van der Waals surface area contributed by atoms with E-state index < -0.39 is 0 Å². The van der Waals surface area contributed by atoms with Crippen LogP contribution in [0.25, 0.3) is 0 Å². The van der Waals surface area contributed by atoms with Crippen molar-refractivity contribution in [3.63, 3.8) is 0 Å². The first-order valence-electron chi connectivity index (χ1n) is 6.80. The number of H-pyrrole nitrogens is 1. The molecule has 1 fully saturated rings. The fraction of sp³-hybridized carbons (Fsp3) is 0.500. The standard InChI is InChI=1S/C14H19N5/c1-11-7-15-8-13(18-11)12-3-2-6-19(9-12)10-14-16-4-5-17-14/h4-5,7-8,12H,2-3,6,9-10H2,1H3,(H,16,17)/t12-/m0/s1. The predicted octanol–water partition coefficient (Wildman–Crippen LogP) is 1.89. The van der Waals surface area contributed by atoms with Crippen molar-refractivity contribution in [1.82, 2.24) is 24.8 Å². The van der Waals surface area contributed by atoms with Gasteiger partial charge in [0, 0.05) is 37.3 Å². The number of nitrogens with zero attached hydrogens (tertiary/aromatic N) is 4. The summed E-state index contributed by atoms with van der Waals surface area (Å²) in [5, 5.41) is 0. The van der Waals surface area contributed by atoms with Gasteiger partial charge >= 0.3 is 0 Å². The lowest BCUT2D eigenvalue weighted by atomic mass is 9.95. The lowest BCUT2D eigenvalue weighted by Crippen LogP contribution is -2.34. The van der Waals surface area contributed by atoms with Crippen molar-refractivity contribution in [2.75, 3.05) is 13.1 Å². The first-order valence-corrected chi connectivity index (χ1v) is 6.80. The van der Waals surface area contributed by atoms with Crippen LogP contribution in [0, 0.1) is 6.92 Å². The van der Waals surface area contributed by atoms with Crippen LogP contribution in [0.15, 0.2) is 24.8 Å². The third-order valence-electron chi connectivity index (χ3n) is 3.63. The number of aromatic nitrogens is 4. The molecule has 0 radical (unpaired) electrons. The minimum absolute atomic E-state index is 0.496. The van der Waals surface area contributed by atoms with E-state index in [1.54, 1.807) is 0 Å². The van der Waals surface area contributed by atoms with E-state index in [0.717, 1.165) is 36.8 Å². The van der Waals surface area contributed by atoms with Crippen molar-refractivity contribution in [2.24, 2.45) is 0 Å². The Morgan fingerprint density at radius 2 is 2.37 bits per heavy atom. The molecule has 1 saturated heterocycles. The molecule has 1 atom stereocenters. The smallest absolute Gasteiger partial charge is 0.120 e. The normalized spacial score (nSPS) is 20.6. The predicted molar refractivity (Wildman–Crippen MR) is 72.6 cm³/mol. The van der Waals surface area contributed by atoms with E-state index in [0.29, 0.717) is 5.92 Å². The van der Waals surface area contributed by atoms with E-state index in [2.05, 4.69) is 24.8 Å². The van der Waals surface area contributed by atoms with E-state index in [9.17, 15) is 0 Å². The maximum Gasteiger partial charge on any atom is 0.120 e. The summed E-state index contributed by atoms with van der Waals surface area (Å²) in [5.41, 5.74) is 2.13. The van der Waals surface area contributed by atoms with Gasteiger partial charge in [-0.3, -0.25) is 14.9 Å². The fourth-order valence-electron chi connectivity index (χ4n) is 2.72. The van der Waals surface area contributed by atoms with Gasteiger partial charge in [0.1, 0.15) is 5.82 Å². The number of hydrogen-bond acceptors (Lipinski definition) is 4. The molecule has 0 aromatic carbocycles. The molecule has 5 heteroatoms. The minimum atomic E-state index is 0.496. The third-order valence-corrected chi connectivity index (χ3v) is 3.63. The molecule has 2 aromatic heterocycles. The van der Waals surface area contributed by atoms with Crippen LogP contribution < -0.4 is 0 Å². The molecule has 0 saturated carbocycles. The van der Waals surface area contributed by atoms with Crippen LogP contribution in [0.1, 0.15) is 36.0 Å². The zero-order valence-electron chi connectivity index (χ0n) is 11.2. The van der Waals surface area contributed by atoms with Crippen LogP contribution in [0.3, 0.4) is 0 Å². The Labute approximate surface area is 113 Å². The average Bonchev–Trinajstić information content (AvgIpc) is 2.92. The van der Waals surface area contributed by atoms with Gasteiger partial charge in [0.05, 0.1) is 17.9 Å². The van der Waals surface area contributed by atoms with Gasteiger partial charge in [-0.15, -0.1) is 0 Å². The molecule has 1 N–H and O–H groups in total. The van der Waals surface area contributed by atoms with Crippen molar-refractivity contribution in [1.29, 1.82) is 0 Å². The summed E-state index contributed by atoms with van der Waals surface area (Å²) >= 11 is 0. The third kappa shape index (κ3) is 2.98. The van der Waals surface area contributed by atoms with Crippen molar-refractivity contribution >= 4 is 0 Å². The lowest BCUT2D eigenvalue weighted by molar-refractivity contribution is 0.194. The Balaban J connectivity index is 1.67. The Morgan fingerprint density at radius 1 is 1.42 bits per heavy atom. The second-order valence-corrected chi connectivity index (χ2v) is 5.20. The summed E-state index contributed by atoms with van der Waals surface area (Å²) in [6, 6.07) is 0. The topological polar surface area (TPSA) is 57.7 Å². The van der Waals surface area contributed by atoms with Crippen LogP contribution >= 0.6 is 0 Å². The lowest BCUT2D eigenvalue weighted by Gasteiger charge is -2.31. The maximum absolute atomic E-state index is 4.62. The van der Waals surface area contributed by atoms with Crippen molar-refractivity contribution in [3.8, 4) is 0 Å². The van der Waals surface area contributed by atoms with E-state index >= 15 is 0 Å². The Hall–Kier alpha value is -1.75. The number of piperidine rings is 1. The monoisotopic (exact) mass is 257 g/mol. The zero-order chi connectivity index (χ0) is 13.1. The van der Waals surface area contributed by atoms with E-state index in [-0.39, 0.29) is 0 Å². The molecule has 0 bridgehead atoms. The number of aryl methyl sites for hydroxylation is 1. The highest BCUT2D eigenvalue weighted by Crippen LogP contribution is 2.25. The van der Waals surface area contributed by atoms with Gasteiger partial charge in [0.25, 0.3) is 0 Å². The number of rotatable bonds is 3. The van der Waals surface area contributed by atoms with Crippen LogP contribution in [-0.4, -0.2) is 37.9 Å². The van der Waals surface area contributed by atoms with Gasteiger partial charge < -0.3 is 4.98 Å². The number of nitrogens with one attached hydrogen (secondary N) is 1. The molecule has 0 spiro atoms. The van der Waals surface area contributed by atoms with Crippen LogP contribution in [-0.2, 0) is 6.54 Å². The summed E-state index contributed by atoms with van der Waals surface area (Å²) in [6.07, 6.45) is 9.82. The van der Waals surface area contributed by atoms with Crippen molar-refractivity contribution < 1.29 is 0 Å². The van der Waals surface area contributed by atoms with Gasteiger partial charge in [-0.25, -0.2) is 4.98 Å². The Bertz CT molecular complexity index is 522. The number of imidazole rings is 1. The zero-order valence-corrected chi connectivity index (χ0v) is 11.2. The van der Waals surface area contributed by atoms with Gasteiger partial charge in [-0.2, -0.15) is 0 Å². The summed E-state index contributed by atoms with van der Waals surface area (Å²) in [4.78, 5) is 18.8. The number of aromatic amines is 1. The minimum Gasteiger partial charge on any atom is -0.348 e. The molecule has 0 unspecified atom stereocenters. The first kappa shape index (κ1) is 12.3. The second kappa shape index (κ2) is 5.48. The highest BCUT2D eigenvalue weighted by Gasteiger charge is 2.23. The fourth-order valence-corrected chi connectivity index (χ4v) is 2.72. The molecule has 19 heavy (non-hydrogen) atoms. The summed E-state index contributed by atoms with van der Waals surface area (Å²) in [5.74, 6) is 1.53. The molecule has 100 valence electrons. The Kier molecular flexibility index (Phi) is 3.55. The van der Waals surface area contributed by atoms with Crippen LogP contribution in [0.5, 0.6) is 0 Å².